The lowest BCUT2D eigenvalue weighted by Gasteiger charge is -2.32. The van der Waals surface area contributed by atoms with Gasteiger partial charge in [0.25, 0.3) is 0 Å². The Balaban J connectivity index is 5.51. The van der Waals surface area contributed by atoms with Crippen molar-refractivity contribution in [1.29, 1.82) is 0 Å². The average molecular weight is 681 g/mol. The number of amides is 2. The highest BCUT2D eigenvalue weighted by molar-refractivity contribution is 5.94. The molecule has 48 heavy (non-hydrogen) atoms. The molecule has 0 aromatic rings. The maximum absolute atomic E-state index is 13.7. The van der Waals surface area contributed by atoms with Crippen molar-refractivity contribution < 1.29 is 33.8 Å². The lowest BCUT2D eigenvalue weighted by molar-refractivity contribution is -0.143. The van der Waals surface area contributed by atoms with E-state index < -0.39 is 47.5 Å². The van der Waals surface area contributed by atoms with Gasteiger partial charge in [-0.05, 0) is 47.0 Å². The number of rotatable bonds is 30. The third-order valence-electron chi connectivity index (χ3n) is 8.88. The summed E-state index contributed by atoms with van der Waals surface area (Å²) in [6.45, 7) is 15.2. The maximum atomic E-state index is 13.7. The fourth-order valence-electron chi connectivity index (χ4n) is 6.02. The molecule has 0 bridgehead atoms. The van der Waals surface area contributed by atoms with Crippen LogP contribution in [0.5, 0.6) is 0 Å². The van der Waals surface area contributed by atoms with Crippen LogP contribution >= 0.6 is 0 Å². The zero-order valence-corrected chi connectivity index (χ0v) is 31.9. The number of unbranched alkanes of at least 4 members (excludes halogenated alkanes) is 12. The van der Waals surface area contributed by atoms with Crippen LogP contribution in [0.1, 0.15) is 184 Å². The minimum absolute atomic E-state index is 0.0775. The van der Waals surface area contributed by atoms with Crippen LogP contribution in [0.25, 0.3) is 0 Å². The van der Waals surface area contributed by atoms with Crippen LogP contribution < -0.4 is 10.6 Å². The number of carboxylic acids is 1. The maximum Gasteiger partial charge on any atom is 0.326 e. The number of Topliss-reactive ketones (excluding diaryl/α,β-unsaturated/α-hetero) is 2. The van der Waals surface area contributed by atoms with Gasteiger partial charge in [-0.15, -0.1) is 0 Å². The summed E-state index contributed by atoms with van der Waals surface area (Å²) in [4.78, 5) is 65.1. The molecular formula is C39H72N2O7. The first-order chi connectivity index (χ1) is 22.7. The second kappa shape index (κ2) is 26.6. The van der Waals surface area contributed by atoms with Gasteiger partial charge in [0.05, 0.1) is 11.7 Å². The normalized spacial score (nSPS) is 14.8. The highest BCUT2D eigenvalue weighted by Gasteiger charge is 2.35. The van der Waals surface area contributed by atoms with Crippen LogP contribution in [0, 0.1) is 11.8 Å². The highest BCUT2D eigenvalue weighted by atomic mass is 16.5. The zero-order chi connectivity index (χ0) is 36.5. The summed E-state index contributed by atoms with van der Waals surface area (Å²) in [5.41, 5.74) is -0.592. The van der Waals surface area contributed by atoms with Crippen molar-refractivity contribution in [3.05, 3.63) is 0 Å². The van der Waals surface area contributed by atoms with Crippen LogP contribution in [0.4, 0.5) is 0 Å². The van der Waals surface area contributed by atoms with Gasteiger partial charge < -0.3 is 20.5 Å². The Kier molecular flexibility index (Phi) is 25.3. The molecule has 280 valence electrons. The van der Waals surface area contributed by atoms with E-state index in [-0.39, 0.29) is 30.3 Å². The Hall–Kier alpha value is -2.29. The molecule has 0 radical (unpaired) electrons. The minimum atomic E-state index is -1.10. The molecule has 0 aromatic carbocycles. The standard InChI is InChI=1S/C39H72N2O7/c1-9-12-15-16-17-18-19-20-23-25-32(42)28-31(24-21-13-10-2)37(45)41-35(30(5)48-39(6,7)8)34(43)27-29(4)36(44)40-33(38(46)47)26-22-14-11-3/h29-31,33,35H,9-28H2,1-8H3,(H,40,44)(H,41,45)(H,46,47)/t29-,30-,31-,33+,35+/m1/s1. The predicted octanol–water partition coefficient (Wildman–Crippen LogP) is 8.50. The Labute approximate surface area is 292 Å². The monoisotopic (exact) mass is 681 g/mol. The third-order valence-corrected chi connectivity index (χ3v) is 8.88. The van der Waals surface area contributed by atoms with Crippen molar-refractivity contribution in [2.45, 2.75) is 208 Å². The van der Waals surface area contributed by atoms with Gasteiger partial charge in [-0.2, -0.15) is 0 Å². The number of nitrogens with one attached hydrogen (secondary N) is 2. The highest BCUT2D eigenvalue weighted by Crippen LogP contribution is 2.21. The van der Waals surface area contributed by atoms with Crippen molar-refractivity contribution in [1.82, 2.24) is 10.6 Å². The number of aliphatic carboxylic acids is 1. The van der Waals surface area contributed by atoms with Crippen LogP contribution in [0.2, 0.25) is 0 Å². The smallest absolute Gasteiger partial charge is 0.326 e. The first-order valence-electron chi connectivity index (χ1n) is 19.2. The zero-order valence-electron chi connectivity index (χ0n) is 31.9. The Morgan fingerprint density at radius 1 is 0.646 bits per heavy atom. The van der Waals surface area contributed by atoms with Crippen LogP contribution in [-0.4, -0.2) is 58.2 Å². The molecule has 0 aliphatic heterocycles. The van der Waals surface area contributed by atoms with Gasteiger partial charge in [0.1, 0.15) is 17.9 Å². The molecule has 9 nitrogen and oxygen atoms in total. The first-order valence-corrected chi connectivity index (χ1v) is 19.2. The van der Waals surface area contributed by atoms with E-state index in [0.717, 1.165) is 51.4 Å². The Bertz CT molecular complexity index is 930. The summed E-state index contributed by atoms with van der Waals surface area (Å²) < 4.78 is 6.11. The van der Waals surface area contributed by atoms with Crippen LogP contribution in [0.15, 0.2) is 0 Å². The van der Waals surface area contributed by atoms with Gasteiger partial charge in [0, 0.05) is 31.1 Å². The molecule has 0 fully saturated rings. The Morgan fingerprint density at radius 2 is 1.15 bits per heavy atom. The summed E-state index contributed by atoms with van der Waals surface area (Å²) in [5.74, 6) is -3.58. The van der Waals surface area contributed by atoms with Gasteiger partial charge in [-0.25, -0.2) is 4.79 Å². The number of ether oxygens (including phenoxy) is 1. The summed E-state index contributed by atoms with van der Waals surface area (Å²) in [5, 5.41) is 15.1. The predicted molar refractivity (Wildman–Crippen MR) is 194 cm³/mol. The van der Waals surface area contributed by atoms with Gasteiger partial charge in [-0.3, -0.25) is 19.2 Å². The molecule has 0 aliphatic rings. The lowest BCUT2D eigenvalue weighted by atomic mass is 9.91. The molecule has 0 aromatic heterocycles. The molecule has 0 rings (SSSR count). The summed E-state index contributed by atoms with van der Waals surface area (Å²) in [7, 11) is 0. The molecular weight excluding hydrogens is 608 g/mol. The van der Waals surface area contributed by atoms with Crippen molar-refractivity contribution >= 4 is 29.4 Å². The van der Waals surface area contributed by atoms with E-state index in [9.17, 15) is 29.1 Å². The molecule has 0 unspecified atom stereocenters. The van der Waals surface area contributed by atoms with E-state index in [0.29, 0.717) is 25.7 Å². The molecule has 3 N–H and O–H groups in total. The molecule has 0 aliphatic carbocycles. The first kappa shape index (κ1) is 45.7. The second-order valence-electron chi connectivity index (χ2n) is 14.9. The molecule has 0 heterocycles. The third kappa shape index (κ3) is 22.4. The quantitative estimate of drug-likeness (QED) is 0.0647. The number of carboxylic acid groups (broad SMARTS) is 1. The van der Waals surface area contributed by atoms with Gasteiger partial charge in [0.2, 0.25) is 11.8 Å². The van der Waals surface area contributed by atoms with Crippen molar-refractivity contribution in [3.8, 4) is 0 Å². The van der Waals surface area contributed by atoms with E-state index in [2.05, 4.69) is 24.5 Å². The fourth-order valence-corrected chi connectivity index (χ4v) is 6.02. The second-order valence-corrected chi connectivity index (χ2v) is 14.9. The summed E-state index contributed by atoms with van der Waals surface area (Å²) in [6.07, 6.45) is 16.4. The van der Waals surface area contributed by atoms with Gasteiger partial charge in [-0.1, -0.05) is 118 Å². The van der Waals surface area contributed by atoms with Crippen molar-refractivity contribution in [2.24, 2.45) is 11.8 Å². The van der Waals surface area contributed by atoms with E-state index in [1.54, 1.807) is 13.8 Å². The van der Waals surface area contributed by atoms with Crippen molar-refractivity contribution in [3.63, 3.8) is 0 Å². The largest absolute Gasteiger partial charge is 0.480 e. The number of hydrogen-bond acceptors (Lipinski definition) is 6. The molecule has 0 saturated carbocycles. The molecule has 0 spiro atoms. The molecule has 5 atom stereocenters. The Morgan fingerprint density at radius 3 is 1.67 bits per heavy atom. The average Bonchev–Trinajstić information content (AvgIpc) is 3.00. The molecule has 2 amide bonds. The van der Waals surface area contributed by atoms with Crippen LogP contribution in [-0.2, 0) is 28.7 Å². The number of ketones is 2. The number of hydrogen-bond donors (Lipinski definition) is 3. The molecule has 9 heteroatoms. The van der Waals surface area contributed by atoms with E-state index >= 15 is 0 Å². The van der Waals surface area contributed by atoms with E-state index in [1.165, 1.54) is 38.5 Å². The minimum Gasteiger partial charge on any atom is -0.480 e. The van der Waals surface area contributed by atoms with E-state index in [1.807, 2.05) is 27.7 Å². The fraction of sp³-hybridized carbons (Fsp3) is 0.872. The van der Waals surface area contributed by atoms with Gasteiger partial charge in [0.15, 0.2) is 5.78 Å². The number of carbonyl (C=O) groups excluding carboxylic acids is 4. The SMILES string of the molecule is CCCCCCCCCCCC(=O)C[C@@H](CCCCC)C(=O)N[C@H](C(=O)C[C@@H](C)C(=O)N[C@@H](CCCCC)C(=O)O)[C@@H](C)OC(C)(C)C. The van der Waals surface area contributed by atoms with Crippen LogP contribution in [0.3, 0.4) is 0 Å². The van der Waals surface area contributed by atoms with Gasteiger partial charge >= 0.3 is 5.97 Å². The summed E-state index contributed by atoms with van der Waals surface area (Å²) in [6, 6.07) is -2.04. The summed E-state index contributed by atoms with van der Waals surface area (Å²) >= 11 is 0. The van der Waals surface area contributed by atoms with E-state index in [4.69, 9.17) is 4.74 Å². The number of carbonyl (C=O) groups is 5. The topological polar surface area (TPSA) is 139 Å². The molecule has 0 saturated heterocycles. The lowest BCUT2D eigenvalue weighted by Crippen LogP contribution is -2.53. The van der Waals surface area contributed by atoms with Crippen molar-refractivity contribution in [2.75, 3.05) is 0 Å².